The summed E-state index contributed by atoms with van der Waals surface area (Å²) in [4.78, 5) is 22.6. The van der Waals surface area contributed by atoms with E-state index in [2.05, 4.69) is 10.2 Å². The van der Waals surface area contributed by atoms with Crippen molar-refractivity contribution in [3.8, 4) is 0 Å². The van der Waals surface area contributed by atoms with Crippen LogP contribution < -0.4 is 5.63 Å². The summed E-state index contributed by atoms with van der Waals surface area (Å²) < 4.78 is 5.13. The van der Waals surface area contributed by atoms with Crippen LogP contribution in [0, 0.1) is 0 Å². The molecule has 1 aliphatic heterocycles. The van der Waals surface area contributed by atoms with E-state index >= 15 is 0 Å². The van der Waals surface area contributed by atoms with Crippen LogP contribution in [0.2, 0.25) is 0 Å². The third-order valence-corrected chi connectivity index (χ3v) is 2.43. The van der Waals surface area contributed by atoms with Gasteiger partial charge in [0.2, 0.25) is 0 Å². The molecule has 0 bridgehead atoms. The highest BCUT2D eigenvalue weighted by atomic mass is 16.4. The fourth-order valence-corrected chi connectivity index (χ4v) is 1.65. The van der Waals surface area contributed by atoms with Crippen molar-refractivity contribution in [3.05, 3.63) is 52.4 Å². The van der Waals surface area contributed by atoms with Crippen molar-refractivity contribution < 1.29 is 9.21 Å². The second kappa shape index (κ2) is 3.48. The van der Waals surface area contributed by atoms with Crippen LogP contribution in [0.4, 0.5) is 0 Å². The van der Waals surface area contributed by atoms with Gasteiger partial charge in [-0.05, 0) is 12.1 Å². The number of azo groups is 1. The quantitative estimate of drug-likeness (QED) is 0.699. The van der Waals surface area contributed by atoms with Gasteiger partial charge in [-0.15, -0.1) is 10.2 Å². The average Bonchev–Trinajstić information content (AvgIpc) is 2.75. The summed E-state index contributed by atoms with van der Waals surface area (Å²) in [5, 5.41) is 7.73. The van der Waals surface area contributed by atoms with Gasteiger partial charge in [-0.2, -0.15) is 0 Å². The number of amides is 1. The fourth-order valence-electron chi connectivity index (χ4n) is 1.65. The molecule has 1 aliphatic rings. The van der Waals surface area contributed by atoms with E-state index in [4.69, 9.17) is 4.42 Å². The number of para-hydroxylation sites is 1. The van der Waals surface area contributed by atoms with Gasteiger partial charge in [-0.1, -0.05) is 18.2 Å². The predicted octanol–water partition coefficient (Wildman–Crippen LogP) is 2.13. The Labute approximate surface area is 95.1 Å². The zero-order valence-electron chi connectivity index (χ0n) is 8.58. The van der Waals surface area contributed by atoms with Gasteiger partial charge in [0.1, 0.15) is 11.3 Å². The second-order valence-electron chi connectivity index (χ2n) is 3.55. The molecule has 0 saturated carbocycles. The molecule has 1 aromatic carbocycles. The number of hydrogen-bond acceptors (Lipinski definition) is 4. The minimum atomic E-state index is -0.524. The molecule has 17 heavy (non-hydrogen) atoms. The highest BCUT2D eigenvalue weighted by Crippen LogP contribution is 2.21. The number of carbonyl (C=O) groups is 1. The number of fused-ring (bicyclic) bond motifs is 1. The minimum absolute atomic E-state index is 0.245. The normalized spacial score (nSPS) is 14.4. The molecule has 2 heterocycles. The molecule has 5 nitrogen and oxygen atoms in total. The Morgan fingerprint density at radius 2 is 1.88 bits per heavy atom. The lowest BCUT2D eigenvalue weighted by atomic mass is 10.1. The molecular weight excluding hydrogens is 220 g/mol. The third-order valence-electron chi connectivity index (χ3n) is 2.43. The topological polar surface area (TPSA) is 72.0 Å². The van der Waals surface area contributed by atoms with Gasteiger partial charge >= 0.3 is 5.63 Å². The van der Waals surface area contributed by atoms with E-state index in [1.807, 2.05) is 12.1 Å². The molecule has 1 aromatic heterocycles. The van der Waals surface area contributed by atoms with Crippen molar-refractivity contribution in [1.82, 2.24) is 0 Å². The second-order valence-corrected chi connectivity index (χ2v) is 3.55. The van der Waals surface area contributed by atoms with E-state index in [0.717, 1.165) is 5.39 Å². The van der Waals surface area contributed by atoms with E-state index in [-0.39, 0.29) is 11.3 Å². The molecule has 0 radical (unpaired) electrons. The van der Waals surface area contributed by atoms with E-state index in [1.54, 1.807) is 18.2 Å². The summed E-state index contributed by atoms with van der Waals surface area (Å²) in [5.41, 5.74) is 0.472. The molecular formula is C12H6N2O3. The van der Waals surface area contributed by atoms with Crippen LogP contribution in [0.5, 0.6) is 0 Å². The molecule has 2 aromatic rings. The molecule has 1 amide bonds. The maximum Gasteiger partial charge on any atom is 0.345 e. The lowest BCUT2D eigenvalue weighted by Gasteiger charge is -1.99. The highest BCUT2D eigenvalue weighted by molar-refractivity contribution is 5.98. The van der Waals surface area contributed by atoms with Gasteiger partial charge in [0, 0.05) is 11.5 Å². The van der Waals surface area contributed by atoms with Crippen LogP contribution in [0.15, 0.2) is 55.8 Å². The first-order chi connectivity index (χ1) is 8.24. The van der Waals surface area contributed by atoms with Crippen molar-refractivity contribution in [2.45, 2.75) is 0 Å². The van der Waals surface area contributed by atoms with Crippen molar-refractivity contribution in [2.75, 3.05) is 0 Å². The van der Waals surface area contributed by atoms with Crippen LogP contribution in [0.25, 0.3) is 16.7 Å². The van der Waals surface area contributed by atoms with Crippen LogP contribution in [0.3, 0.4) is 0 Å². The number of nitrogens with zero attached hydrogens (tertiary/aromatic N) is 2. The number of carbonyl (C=O) groups excluding carboxylic acids is 1. The smallest absolute Gasteiger partial charge is 0.345 e. The summed E-state index contributed by atoms with van der Waals surface area (Å²) in [6.07, 6.45) is 1.21. The molecule has 0 aliphatic carbocycles. The number of hydrogen-bond donors (Lipinski definition) is 0. The van der Waals surface area contributed by atoms with Crippen LogP contribution >= 0.6 is 0 Å². The SMILES string of the molecule is O=C1C=C(c2cc3ccccc3oc2=O)N=N1. The van der Waals surface area contributed by atoms with E-state index in [9.17, 15) is 9.59 Å². The van der Waals surface area contributed by atoms with Gasteiger partial charge < -0.3 is 4.42 Å². The molecule has 3 rings (SSSR count). The van der Waals surface area contributed by atoms with Crippen LogP contribution in [-0.2, 0) is 4.79 Å². The first-order valence-corrected chi connectivity index (χ1v) is 4.95. The average molecular weight is 226 g/mol. The van der Waals surface area contributed by atoms with Gasteiger partial charge in [-0.25, -0.2) is 4.79 Å². The van der Waals surface area contributed by atoms with Crippen LogP contribution in [0.1, 0.15) is 5.56 Å². The van der Waals surface area contributed by atoms with Crippen LogP contribution in [-0.4, -0.2) is 5.91 Å². The Balaban J connectivity index is 2.28. The largest absolute Gasteiger partial charge is 0.422 e. The summed E-state index contributed by atoms with van der Waals surface area (Å²) in [6.45, 7) is 0. The molecule has 5 heteroatoms. The van der Waals surface area contributed by atoms with Gasteiger partial charge in [-0.3, -0.25) is 4.79 Å². The minimum Gasteiger partial charge on any atom is -0.422 e. The molecule has 0 unspecified atom stereocenters. The Hall–Kier alpha value is -2.56. The maximum atomic E-state index is 11.7. The van der Waals surface area contributed by atoms with Gasteiger partial charge in [0.25, 0.3) is 5.91 Å². The van der Waals surface area contributed by atoms with Crippen molar-refractivity contribution in [2.24, 2.45) is 10.2 Å². The molecule has 0 N–H and O–H groups in total. The van der Waals surface area contributed by atoms with E-state index in [0.29, 0.717) is 5.58 Å². The number of rotatable bonds is 1. The standard InChI is InChI=1S/C12H6N2O3/c15-11-6-9(13-14-11)8-5-7-3-1-2-4-10(7)17-12(8)16/h1-6H. The molecule has 0 spiro atoms. The molecule has 0 atom stereocenters. The van der Waals surface area contributed by atoms with Gasteiger partial charge in [0.05, 0.1) is 5.56 Å². The lowest BCUT2D eigenvalue weighted by molar-refractivity contribution is -0.113. The zero-order valence-corrected chi connectivity index (χ0v) is 8.58. The lowest BCUT2D eigenvalue weighted by Crippen LogP contribution is -2.05. The maximum absolute atomic E-state index is 11.7. The summed E-state index contributed by atoms with van der Waals surface area (Å²) in [6, 6.07) is 8.78. The van der Waals surface area contributed by atoms with Crippen molar-refractivity contribution in [3.63, 3.8) is 0 Å². The zero-order chi connectivity index (χ0) is 11.8. The predicted molar refractivity (Wildman–Crippen MR) is 60.3 cm³/mol. The Bertz CT molecular complexity index is 741. The van der Waals surface area contributed by atoms with E-state index < -0.39 is 11.5 Å². The monoisotopic (exact) mass is 226 g/mol. The van der Waals surface area contributed by atoms with Crippen molar-refractivity contribution >= 4 is 22.6 Å². The molecule has 0 saturated heterocycles. The molecule has 0 fully saturated rings. The number of benzene rings is 1. The third kappa shape index (κ3) is 1.57. The summed E-state index contributed by atoms with van der Waals surface area (Å²) >= 11 is 0. The van der Waals surface area contributed by atoms with Crippen molar-refractivity contribution in [1.29, 1.82) is 0 Å². The Morgan fingerprint density at radius 1 is 1.06 bits per heavy atom. The van der Waals surface area contributed by atoms with E-state index in [1.165, 1.54) is 6.08 Å². The summed E-state index contributed by atoms with van der Waals surface area (Å²) in [7, 11) is 0. The Morgan fingerprint density at radius 3 is 2.65 bits per heavy atom. The fraction of sp³-hybridized carbons (Fsp3) is 0. The summed E-state index contributed by atoms with van der Waals surface area (Å²) in [5.74, 6) is -0.465. The first kappa shape index (κ1) is 9.65. The highest BCUT2D eigenvalue weighted by Gasteiger charge is 2.15. The molecule has 82 valence electrons. The van der Waals surface area contributed by atoms with Gasteiger partial charge in [0.15, 0.2) is 0 Å². The Kier molecular flexibility index (Phi) is 1.98. The first-order valence-electron chi connectivity index (χ1n) is 4.95.